The monoisotopic (exact) mass is 221 g/mol. The Bertz CT molecular complexity index is 332. The van der Waals surface area contributed by atoms with Gasteiger partial charge < -0.3 is 5.73 Å². The van der Waals surface area contributed by atoms with Crippen LogP contribution in [0.2, 0.25) is 0 Å². The molecule has 1 aromatic heterocycles. The summed E-state index contributed by atoms with van der Waals surface area (Å²) in [6, 6.07) is 2.24. The average Bonchev–Trinajstić information content (AvgIpc) is 2.90. The van der Waals surface area contributed by atoms with Crippen LogP contribution in [0.5, 0.6) is 0 Å². The number of hydrogen-bond donors (Lipinski definition) is 1. The van der Waals surface area contributed by atoms with Gasteiger partial charge in [-0.2, -0.15) is 11.3 Å². The molecule has 2 fully saturated rings. The van der Waals surface area contributed by atoms with Crippen LogP contribution in [0.25, 0.3) is 0 Å². The lowest BCUT2D eigenvalue weighted by atomic mass is 9.78. The Morgan fingerprint density at radius 2 is 2.40 bits per heavy atom. The van der Waals surface area contributed by atoms with Crippen molar-refractivity contribution >= 4 is 11.3 Å². The van der Waals surface area contributed by atoms with Crippen molar-refractivity contribution in [3.8, 4) is 0 Å². The summed E-state index contributed by atoms with van der Waals surface area (Å²) in [6.45, 7) is 0. The molecule has 1 nitrogen and oxygen atoms in total. The molecule has 15 heavy (non-hydrogen) atoms. The largest absolute Gasteiger partial charge is 0.325 e. The minimum atomic E-state index is 0.185. The van der Waals surface area contributed by atoms with Gasteiger partial charge in [0.05, 0.1) is 0 Å². The minimum absolute atomic E-state index is 0.185. The number of aryl methyl sites for hydroxylation is 1. The molecule has 2 saturated carbocycles. The molecule has 0 amide bonds. The third kappa shape index (κ3) is 1.74. The van der Waals surface area contributed by atoms with Crippen molar-refractivity contribution in [2.75, 3.05) is 0 Å². The van der Waals surface area contributed by atoms with Crippen molar-refractivity contribution in [1.29, 1.82) is 0 Å². The molecular weight excluding hydrogens is 202 g/mol. The van der Waals surface area contributed by atoms with Gasteiger partial charge in [0.25, 0.3) is 0 Å². The van der Waals surface area contributed by atoms with Gasteiger partial charge in [0.1, 0.15) is 0 Å². The quantitative estimate of drug-likeness (QED) is 0.833. The minimum Gasteiger partial charge on any atom is -0.325 e. The fourth-order valence-corrected chi connectivity index (χ4v) is 4.31. The molecule has 3 unspecified atom stereocenters. The Labute approximate surface area is 95.7 Å². The highest BCUT2D eigenvalue weighted by Gasteiger charge is 2.47. The second-order valence-corrected chi connectivity index (χ2v) is 6.22. The first kappa shape index (κ1) is 9.86. The Kier molecular flexibility index (Phi) is 2.37. The van der Waals surface area contributed by atoms with Crippen LogP contribution >= 0.6 is 11.3 Å². The molecule has 2 heteroatoms. The third-order valence-corrected chi connectivity index (χ3v) is 5.21. The molecule has 3 atom stereocenters. The SMILES string of the molecule is NC1(CCc2ccsc2)CC2CCC1C2. The molecule has 2 N–H and O–H groups in total. The van der Waals surface area contributed by atoms with Crippen LogP contribution in [-0.2, 0) is 6.42 Å². The molecule has 2 aliphatic carbocycles. The summed E-state index contributed by atoms with van der Waals surface area (Å²) < 4.78 is 0. The van der Waals surface area contributed by atoms with Gasteiger partial charge in [0.15, 0.2) is 0 Å². The Morgan fingerprint density at radius 1 is 1.47 bits per heavy atom. The molecule has 0 radical (unpaired) electrons. The van der Waals surface area contributed by atoms with Crippen molar-refractivity contribution in [3.63, 3.8) is 0 Å². The summed E-state index contributed by atoms with van der Waals surface area (Å²) >= 11 is 1.80. The lowest BCUT2D eigenvalue weighted by molar-refractivity contribution is 0.254. The van der Waals surface area contributed by atoms with E-state index in [1.807, 2.05) is 0 Å². The van der Waals surface area contributed by atoms with E-state index in [2.05, 4.69) is 16.8 Å². The summed E-state index contributed by atoms with van der Waals surface area (Å²) in [5.74, 6) is 1.80. The lowest BCUT2D eigenvalue weighted by Crippen LogP contribution is -2.45. The summed E-state index contributed by atoms with van der Waals surface area (Å²) in [7, 11) is 0. The summed E-state index contributed by atoms with van der Waals surface area (Å²) in [5, 5.41) is 4.43. The van der Waals surface area contributed by atoms with E-state index in [0.29, 0.717) is 0 Å². The average molecular weight is 221 g/mol. The maximum absolute atomic E-state index is 6.56. The molecule has 2 aliphatic rings. The van der Waals surface area contributed by atoms with Crippen molar-refractivity contribution in [1.82, 2.24) is 0 Å². The number of hydrogen-bond acceptors (Lipinski definition) is 2. The van der Waals surface area contributed by atoms with Gasteiger partial charge in [-0.1, -0.05) is 6.42 Å². The van der Waals surface area contributed by atoms with Gasteiger partial charge in [0, 0.05) is 5.54 Å². The van der Waals surface area contributed by atoms with E-state index in [0.717, 1.165) is 11.8 Å². The topological polar surface area (TPSA) is 26.0 Å². The zero-order valence-electron chi connectivity index (χ0n) is 9.11. The highest BCUT2D eigenvalue weighted by Crippen LogP contribution is 2.51. The predicted octanol–water partition coefficient (Wildman–Crippen LogP) is 3.20. The first-order valence-electron chi connectivity index (χ1n) is 6.06. The summed E-state index contributed by atoms with van der Waals surface area (Å²) in [4.78, 5) is 0. The number of rotatable bonds is 3. The van der Waals surface area contributed by atoms with Gasteiger partial charge in [-0.15, -0.1) is 0 Å². The van der Waals surface area contributed by atoms with E-state index in [1.165, 1.54) is 44.1 Å². The van der Waals surface area contributed by atoms with Gasteiger partial charge in [-0.25, -0.2) is 0 Å². The zero-order chi connectivity index (χ0) is 10.3. The second kappa shape index (κ2) is 3.60. The molecule has 0 aromatic carbocycles. The normalized spacial score (nSPS) is 38.7. The lowest BCUT2D eigenvalue weighted by Gasteiger charge is -2.33. The Hall–Kier alpha value is -0.340. The van der Waals surface area contributed by atoms with Crippen LogP contribution < -0.4 is 5.73 Å². The molecule has 3 rings (SSSR count). The van der Waals surface area contributed by atoms with Crippen molar-refractivity contribution in [3.05, 3.63) is 22.4 Å². The predicted molar refractivity (Wildman–Crippen MR) is 65.0 cm³/mol. The zero-order valence-corrected chi connectivity index (χ0v) is 9.93. The van der Waals surface area contributed by atoms with E-state index < -0.39 is 0 Å². The van der Waals surface area contributed by atoms with E-state index in [-0.39, 0.29) is 5.54 Å². The molecule has 0 aliphatic heterocycles. The molecule has 1 aromatic rings. The van der Waals surface area contributed by atoms with E-state index >= 15 is 0 Å². The third-order valence-electron chi connectivity index (χ3n) is 4.48. The fraction of sp³-hybridized carbons (Fsp3) is 0.692. The summed E-state index contributed by atoms with van der Waals surface area (Å²) in [6.07, 6.45) is 7.93. The number of nitrogens with two attached hydrogens (primary N) is 1. The second-order valence-electron chi connectivity index (χ2n) is 5.44. The standard InChI is InChI=1S/C13H19NS/c14-13(5-3-10-4-6-15-9-10)8-11-1-2-12(13)7-11/h4,6,9,11-12H,1-3,5,7-8,14H2. The van der Waals surface area contributed by atoms with Crippen molar-refractivity contribution < 1.29 is 0 Å². The van der Waals surface area contributed by atoms with Crippen LogP contribution in [0.1, 0.15) is 37.7 Å². The van der Waals surface area contributed by atoms with E-state index in [1.54, 1.807) is 11.3 Å². The van der Waals surface area contributed by atoms with Crippen LogP contribution in [0.15, 0.2) is 16.8 Å². The van der Waals surface area contributed by atoms with Crippen LogP contribution in [-0.4, -0.2) is 5.54 Å². The summed E-state index contributed by atoms with van der Waals surface area (Å²) in [5.41, 5.74) is 8.23. The number of fused-ring (bicyclic) bond motifs is 2. The molecule has 0 saturated heterocycles. The maximum atomic E-state index is 6.56. The first-order valence-corrected chi connectivity index (χ1v) is 7.00. The smallest absolute Gasteiger partial charge is 0.0188 e. The van der Waals surface area contributed by atoms with Crippen molar-refractivity contribution in [2.24, 2.45) is 17.6 Å². The molecule has 2 bridgehead atoms. The van der Waals surface area contributed by atoms with Crippen LogP contribution in [0, 0.1) is 11.8 Å². The Morgan fingerprint density at radius 3 is 3.00 bits per heavy atom. The molecular formula is C13H19NS. The Balaban J connectivity index is 1.63. The van der Waals surface area contributed by atoms with E-state index in [4.69, 9.17) is 5.73 Å². The first-order chi connectivity index (χ1) is 7.26. The highest BCUT2D eigenvalue weighted by molar-refractivity contribution is 7.07. The van der Waals surface area contributed by atoms with E-state index in [9.17, 15) is 0 Å². The number of thiophene rings is 1. The van der Waals surface area contributed by atoms with Gasteiger partial charge >= 0.3 is 0 Å². The molecule has 0 spiro atoms. The highest BCUT2D eigenvalue weighted by atomic mass is 32.1. The van der Waals surface area contributed by atoms with Gasteiger partial charge in [0.2, 0.25) is 0 Å². The van der Waals surface area contributed by atoms with Gasteiger partial charge in [-0.3, -0.25) is 0 Å². The fourth-order valence-electron chi connectivity index (χ4n) is 3.60. The van der Waals surface area contributed by atoms with Crippen molar-refractivity contribution in [2.45, 2.75) is 44.1 Å². The molecule has 82 valence electrons. The van der Waals surface area contributed by atoms with Gasteiger partial charge in [-0.05, 0) is 66.3 Å². The molecule has 1 heterocycles. The van der Waals surface area contributed by atoms with Crippen LogP contribution in [0.3, 0.4) is 0 Å². The maximum Gasteiger partial charge on any atom is 0.0188 e. The van der Waals surface area contributed by atoms with Crippen LogP contribution in [0.4, 0.5) is 0 Å².